The van der Waals surface area contributed by atoms with Gasteiger partial charge < -0.3 is 19.1 Å². The number of hydrogen-bond donors (Lipinski definition) is 1. The molecular formula is C26H25N3O4. The normalized spacial score (nSPS) is 11.2. The number of aryl methyl sites for hydroxylation is 1. The number of ether oxygens (including phenoxy) is 2. The summed E-state index contributed by atoms with van der Waals surface area (Å²) in [4.78, 5) is 12.5. The molecule has 168 valence electrons. The third kappa shape index (κ3) is 4.87. The quantitative estimate of drug-likeness (QED) is 0.325. The number of rotatable bonds is 8. The maximum Gasteiger partial charge on any atom is 0.295 e. The molecule has 7 heteroatoms. The Morgan fingerprint density at radius 3 is 2.24 bits per heavy atom. The van der Waals surface area contributed by atoms with Gasteiger partial charge in [0.25, 0.3) is 5.91 Å². The molecule has 0 fully saturated rings. The van der Waals surface area contributed by atoms with Crippen LogP contribution in [0, 0.1) is 0 Å². The zero-order chi connectivity index (χ0) is 23.2. The standard InChI is InChI=1S/C26H25N3O4/c1-3-29-23-8-6-5-7-22(23)24(26(29)31)27-28-25(30)19-11-9-18(10-12-19)17-33-21-15-13-20(14-16-21)32-4-2/h5-16,31H,3-4,17H2,1-2H3. The first kappa shape index (κ1) is 22.1. The molecule has 0 unspecified atom stereocenters. The van der Waals surface area contributed by atoms with Crippen LogP contribution in [0.4, 0.5) is 5.69 Å². The molecule has 1 heterocycles. The maximum absolute atomic E-state index is 12.5. The van der Waals surface area contributed by atoms with Gasteiger partial charge in [0, 0.05) is 17.5 Å². The van der Waals surface area contributed by atoms with Crippen LogP contribution in [0.5, 0.6) is 17.4 Å². The summed E-state index contributed by atoms with van der Waals surface area (Å²) in [6.45, 7) is 5.44. The predicted octanol–water partition coefficient (Wildman–Crippen LogP) is 6.27. The number of aromatic hydroxyl groups is 1. The van der Waals surface area contributed by atoms with E-state index in [2.05, 4.69) is 10.2 Å². The fraction of sp³-hybridized carbons (Fsp3) is 0.192. The van der Waals surface area contributed by atoms with Crippen molar-refractivity contribution in [2.75, 3.05) is 6.61 Å². The van der Waals surface area contributed by atoms with Crippen molar-refractivity contribution in [3.8, 4) is 17.4 Å². The van der Waals surface area contributed by atoms with Crippen LogP contribution in [-0.2, 0) is 13.2 Å². The van der Waals surface area contributed by atoms with Gasteiger partial charge in [-0.25, -0.2) is 0 Å². The van der Waals surface area contributed by atoms with Crippen molar-refractivity contribution in [1.82, 2.24) is 4.57 Å². The lowest BCUT2D eigenvalue weighted by Gasteiger charge is -2.08. The summed E-state index contributed by atoms with van der Waals surface area (Å²) in [5, 5.41) is 19.2. The maximum atomic E-state index is 12.5. The highest BCUT2D eigenvalue weighted by Crippen LogP contribution is 2.38. The zero-order valence-electron chi connectivity index (χ0n) is 18.6. The number of azo groups is 1. The van der Waals surface area contributed by atoms with Crippen molar-refractivity contribution in [3.05, 3.63) is 83.9 Å². The van der Waals surface area contributed by atoms with Crippen molar-refractivity contribution < 1.29 is 19.4 Å². The Morgan fingerprint density at radius 2 is 1.58 bits per heavy atom. The third-order valence-corrected chi connectivity index (χ3v) is 5.22. The van der Waals surface area contributed by atoms with Gasteiger partial charge in [0.1, 0.15) is 18.1 Å². The molecule has 0 aliphatic rings. The Morgan fingerprint density at radius 1 is 0.909 bits per heavy atom. The lowest BCUT2D eigenvalue weighted by molar-refractivity contribution is 0.0995. The summed E-state index contributed by atoms with van der Waals surface area (Å²) in [6, 6.07) is 21.9. The molecule has 0 saturated heterocycles. The molecule has 7 nitrogen and oxygen atoms in total. The van der Waals surface area contributed by atoms with E-state index in [-0.39, 0.29) is 5.88 Å². The van der Waals surface area contributed by atoms with Gasteiger partial charge in [-0.1, -0.05) is 30.3 Å². The summed E-state index contributed by atoms with van der Waals surface area (Å²) in [6.07, 6.45) is 0. The predicted molar refractivity (Wildman–Crippen MR) is 127 cm³/mol. The topological polar surface area (TPSA) is 85.4 Å². The minimum atomic E-state index is -0.485. The molecule has 3 aromatic carbocycles. The molecule has 0 atom stereocenters. The molecule has 1 aromatic heterocycles. The minimum Gasteiger partial charge on any atom is -0.494 e. The van der Waals surface area contributed by atoms with Gasteiger partial charge in [-0.3, -0.25) is 4.79 Å². The van der Waals surface area contributed by atoms with E-state index in [9.17, 15) is 9.90 Å². The highest BCUT2D eigenvalue weighted by atomic mass is 16.5. The second-order valence-corrected chi connectivity index (χ2v) is 7.33. The molecule has 1 N–H and O–H groups in total. The third-order valence-electron chi connectivity index (χ3n) is 5.22. The van der Waals surface area contributed by atoms with Gasteiger partial charge in [-0.15, -0.1) is 10.2 Å². The summed E-state index contributed by atoms with van der Waals surface area (Å²) in [7, 11) is 0. The molecule has 4 rings (SSSR count). The van der Waals surface area contributed by atoms with Crippen molar-refractivity contribution in [2.24, 2.45) is 10.2 Å². The molecule has 0 aliphatic carbocycles. The summed E-state index contributed by atoms with van der Waals surface area (Å²) >= 11 is 0. The molecule has 1 amide bonds. The Balaban J connectivity index is 1.42. The van der Waals surface area contributed by atoms with Gasteiger partial charge >= 0.3 is 0 Å². The first-order valence-electron chi connectivity index (χ1n) is 10.8. The largest absolute Gasteiger partial charge is 0.494 e. The first-order valence-corrected chi connectivity index (χ1v) is 10.8. The second-order valence-electron chi connectivity index (χ2n) is 7.33. The van der Waals surface area contributed by atoms with Crippen LogP contribution in [0.3, 0.4) is 0 Å². The summed E-state index contributed by atoms with van der Waals surface area (Å²) < 4.78 is 12.9. The van der Waals surface area contributed by atoms with E-state index in [1.807, 2.05) is 74.5 Å². The average molecular weight is 444 g/mol. The SMILES string of the molecule is CCOc1ccc(OCc2ccc(C(=O)N=Nc3c(O)n(CC)c4ccccc34)cc2)cc1. The number of hydrogen-bond acceptors (Lipinski definition) is 5. The van der Waals surface area contributed by atoms with Crippen molar-refractivity contribution in [3.63, 3.8) is 0 Å². The number of benzene rings is 3. The Labute approximate surface area is 191 Å². The summed E-state index contributed by atoms with van der Waals surface area (Å²) in [5.41, 5.74) is 2.46. The van der Waals surface area contributed by atoms with Crippen LogP contribution in [0.25, 0.3) is 10.9 Å². The molecule has 0 bridgehead atoms. The van der Waals surface area contributed by atoms with Crippen LogP contribution in [0.15, 0.2) is 83.0 Å². The average Bonchev–Trinajstić information content (AvgIpc) is 3.13. The number of amides is 1. The van der Waals surface area contributed by atoms with Gasteiger partial charge in [-0.2, -0.15) is 0 Å². The highest BCUT2D eigenvalue weighted by molar-refractivity contribution is 5.97. The van der Waals surface area contributed by atoms with E-state index in [4.69, 9.17) is 9.47 Å². The van der Waals surface area contributed by atoms with Crippen molar-refractivity contribution >= 4 is 22.5 Å². The van der Waals surface area contributed by atoms with Gasteiger partial charge in [-0.05, 0) is 61.9 Å². The second kappa shape index (κ2) is 9.99. The summed E-state index contributed by atoms with van der Waals surface area (Å²) in [5.74, 6) is 1.05. The lowest BCUT2D eigenvalue weighted by atomic mass is 10.1. The van der Waals surface area contributed by atoms with E-state index >= 15 is 0 Å². The number of carbonyl (C=O) groups is 1. The zero-order valence-corrected chi connectivity index (χ0v) is 18.6. The number of fused-ring (bicyclic) bond motifs is 1. The molecule has 0 saturated carbocycles. The van der Waals surface area contributed by atoms with Crippen LogP contribution >= 0.6 is 0 Å². The van der Waals surface area contributed by atoms with E-state index in [0.29, 0.717) is 31.0 Å². The van der Waals surface area contributed by atoms with Crippen molar-refractivity contribution in [1.29, 1.82) is 0 Å². The van der Waals surface area contributed by atoms with E-state index in [1.54, 1.807) is 16.7 Å². The Bertz CT molecular complexity index is 1280. The molecule has 0 aliphatic heterocycles. The van der Waals surface area contributed by atoms with E-state index < -0.39 is 5.91 Å². The number of carbonyl (C=O) groups excluding carboxylic acids is 1. The first-order chi connectivity index (χ1) is 16.1. The van der Waals surface area contributed by atoms with Gasteiger partial charge in [0.2, 0.25) is 5.88 Å². The van der Waals surface area contributed by atoms with E-state index in [0.717, 1.165) is 28.0 Å². The fourth-order valence-corrected chi connectivity index (χ4v) is 3.55. The minimum absolute atomic E-state index is 0.00274. The van der Waals surface area contributed by atoms with Crippen LogP contribution in [0.2, 0.25) is 0 Å². The lowest BCUT2D eigenvalue weighted by Crippen LogP contribution is -1.98. The van der Waals surface area contributed by atoms with Gasteiger partial charge in [0.05, 0.1) is 12.1 Å². The highest BCUT2D eigenvalue weighted by Gasteiger charge is 2.15. The smallest absolute Gasteiger partial charge is 0.295 e. The fourth-order valence-electron chi connectivity index (χ4n) is 3.55. The molecule has 0 radical (unpaired) electrons. The molecular weight excluding hydrogens is 418 g/mol. The van der Waals surface area contributed by atoms with Crippen LogP contribution in [-0.4, -0.2) is 22.2 Å². The van der Waals surface area contributed by atoms with Crippen molar-refractivity contribution in [2.45, 2.75) is 27.0 Å². The Kier molecular flexibility index (Phi) is 6.69. The van der Waals surface area contributed by atoms with Crippen LogP contribution < -0.4 is 9.47 Å². The number of nitrogens with zero attached hydrogens (tertiary/aromatic N) is 3. The molecule has 33 heavy (non-hydrogen) atoms. The molecule has 4 aromatic rings. The number of para-hydroxylation sites is 1. The Hall–Kier alpha value is -4.13. The van der Waals surface area contributed by atoms with Gasteiger partial charge in [0.15, 0.2) is 5.69 Å². The molecule has 0 spiro atoms. The monoisotopic (exact) mass is 443 g/mol. The number of aromatic nitrogens is 1. The van der Waals surface area contributed by atoms with E-state index in [1.165, 1.54) is 0 Å². The van der Waals surface area contributed by atoms with Crippen LogP contribution in [0.1, 0.15) is 29.8 Å².